The number of carbonyl (C=O) groups excluding carboxylic acids is 2. The molecule has 1 aromatic carbocycles. The first-order valence-electron chi connectivity index (χ1n) is 6.45. The molecule has 0 fully saturated rings. The highest BCUT2D eigenvalue weighted by molar-refractivity contribution is 6.30. The Balaban J connectivity index is 2.09. The number of carbonyl (C=O) groups is 2. The van der Waals surface area contributed by atoms with Crippen molar-refractivity contribution in [3.8, 4) is 5.75 Å². The molecule has 0 bridgehead atoms. The maximum absolute atomic E-state index is 12.0. The number of hydrogen-bond donors (Lipinski definition) is 3. The number of aromatic nitrogens is 1. The van der Waals surface area contributed by atoms with Crippen molar-refractivity contribution < 1.29 is 14.7 Å². The van der Waals surface area contributed by atoms with E-state index in [4.69, 9.17) is 11.6 Å². The normalized spacial score (nSPS) is 10.1. The molecule has 1 aromatic heterocycles. The van der Waals surface area contributed by atoms with Crippen molar-refractivity contribution in [2.24, 2.45) is 0 Å². The molecular weight excluding hydrogens is 306 g/mol. The first kappa shape index (κ1) is 15.8. The van der Waals surface area contributed by atoms with Gasteiger partial charge in [0, 0.05) is 29.5 Å². The Morgan fingerprint density at radius 2 is 2.05 bits per heavy atom. The predicted octanol–water partition coefficient (Wildman–Crippen LogP) is 1.98. The van der Waals surface area contributed by atoms with E-state index in [1.165, 1.54) is 37.5 Å². The SMILES string of the molecule is CNC(=O)c1cc(NC(=O)Cc2cc(Cl)ccc2O)ccn1. The summed E-state index contributed by atoms with van der Waals surface area (Å²) in [5, 5.41) is 15.2. The van der Waals surface area contributed by atoms with Gasteiger partial charge in [0.05, 0.1) is 6.42 Å². The van der Waals surface area contributed by atoms with Gasteiger partial charge in [0.2, 0.25) is 5.91 Å². The second-order valence-corrected chi connectivity index (χ2v) is 4.94. The monoisotopic (exact) mass is 319 g/mol. The summed E-state index contributed by atoms with van der Waals surface area (Å²) in [5.74, 6) is -0.685. The molecule has 2 rings (SSSR count). The quantitative estimate of drug-likeness (QED) is 0.803. The van der Waals surface area contributed by atoms with E-state index in [2.05, 4.69) is 15.6 Å². The predicted molar refractivity (Wildman–Crippen MR) is 83.1 cm³/mol. The Morgan fingerprint density at radius 1 is 1.27 bits per heavy atom. The van der Waals surface area contributed by atoms with Crippen LogP contribution in [0.5, 0.6) is 5.75 Å². The minimum Gasteiger partial charge on any atom is -0.508 e. The molecule has 0 aliphatic carbocycles. The first-order chi connectivity index (χ1) is 10.5. The maximum atomic E-state index is 12.0. The molecule has 0 unspecified atom stereocenters. The molecule has 0 saturated heterocycles. The van der Waals surface area contributed by atoms with Crippen molar-refractivity contribution in [1.29, 1.82) is 0 Å². The van der Waals surface area contributed by atoms with Gasteiger partial charge in [-0.2, -0.15) is 0 Å². The Hall–Kier alpha value is -2.60. The Bertz CT molecular complexity index is 719. The number of aromatic hydroxyl groups is 1. The lowest BCUT2D eigenvalue weighted by Crippen LogP contribution is -2.20. The van der Waals surface area contributed by atoms with Gasteiger partial charge in [0.1, 0.15) is 11.4 Å². The summed E-state index contributed by atoms with van der Waals surface area (Å²) in [6.45, 7) is 0. The highest BCUT2D eigenvalue weighted by Gasteiger charge is 2.11. The number of halogens is 1. The van der Waals surface area contributed by atoms with E-state index in [0.29, 0.717) is 16.3 Å². The minimum atomic E-state index is -0.344. The fourth-order valence-electron chi connectivity index (χ4n) is 1.83. The molecule has 0 spiro atoms. The van der Waals surface area contributed by atoms with E-state index in [0.717, 1.165) is 0 Å². The highest BCUT2D eigenvalue weighted by atomic mass is 35.5. The number of rotatable bonds is 4. The molecule has 0 aliphatic rings. The third-order valence-electron chi connectivity index (χ3n) is 2.90. The summed E-state index contributed by atoms with van der Waals surface area (Å²) in [7, 11) is 1.50. The number of phenols is 1. The minimum absolute atomic E-state index is 0.000304. The van der Waals surface area contributed by atoms with Crippen LogP contribution in [-0.4, -0.2) is 29.0 Å². The van der Waals surface area contributed by atoms with E-state index in [9.17, 15) is 14.7 Å². The Labute approximate surface area is 132 Å². The molecule has 114 valence electrons. The maximum Gasteiger partial charge on any atom is 0.269 e. The number of benzene rings is 1. The summed E-state index contributed by atoms with van der Waals surface area (Å²) in [4.78, 5) is 27.4. The molecule has 3 N–H and O–H groups in total. The molecule has 2 amide bonds. The number of nitrogens with one attached hydrogen (secondary N) is 2. The molecule has 0 radical (unpaired) electrons. The second kappa shape index (κ2) is 6.91. The standard InChI is InChI=1S/C15H14ClN3O3/c1-17-15(22)12-8-11(4-5-18-12)19-14(21)7-9-6-10(16)2-3-13(9)20/h2-6,8,20H,7H2,1H3,(H,17,22)(H,18,19,21). The van der Waals surface area contributed by atoms with Gasteiger partial charge in [-0.3, -0.25) is 14.6 Å². The summed E-state index contributed by atoms with van der Waals surface area (Å²) in [6, 6.07) is 7.54. The van der Waals surface area contributed by atoms with E-state index in [1.54, 1.807) is 6.07 Å². The summed E-state index contributed by atoms with van der Waals surface area (Å²) >= 11 is 5.84. The molecule has 22 heavy (non-hydrogen) atoms. The lowest BCUT2D eigenvalue weighted by molar-refractivity contribution is -0.115. The van der Waals surface area contributed by atoms with Gasteiger partial charge in [-0.15, -0.1) is 0 Å². The van der Waals surface area contributed by atoms with Gasteiger partial charge >= 0.3 is 0 Å². The molecule has 0 atom stereocenters. The van der Waals surface area contributed by atoms with E-state index in [1.807, 2.05) is 0 Å². The van der Waals surface area contributed by atoms with Crippen LogP contribution in [0.2, 0.25) is 5.02 Å². The van der Waals surface area contributed by atoms with Crippen LogP contribution in [0.4, 0.5) is 5.69 Å². The number of pyridine rings is 1. The Morgan fingerprint density at radius 3 is 2.77 bits per heavy atom. The topological polar surface area (TPSA) is 91.3 Å². The average molecular weight is 320 g/mol. The third kappa shape index (κ3) is 3.95. The lowest BCUT2D eigenvalue weighted by Gasteiger charge is -2.08. The number of amides is 2. The van der Waals surface area contributed by atoms with Crippen molar-refractivity contribution in [3.05, 3.63) is 52.8 Å². The van der Waals surface area contributed by atoms with E-state index < -0.39 is 0 Å². The van der Waals surface area contributed by atoms with Gasteiger partial charge in [-0.25, -0.2) is 0 Å². The second-order valence-electron chi connectivity index (χ2n) is 4.51. The average Bonchev–Trinajstić information content (AvgIpc) is 2.50. The van der Waals surface area contributed by atoms with Crippen molar-refractivity contribution in [3.63, 3.8) is 0 Å². The van der Waals surface area contributed by atoms with Gasteiger partial charge in [0.25, 0.3) is 5.91 Å². The van der Waals surface area contributed by atoms with Crippen LogP contribution in [0.3, 0.4) is 0 Å². The summed E-state index contributed by atoms with van der Waals surface area (Å²) < 4.78 is 0. The number of phenolic OH excluding ortho intramolecular Hbond substituents is 1. The molecular formula is C15H14ClN3O3. The van der Waals surface area contributed by atoms with Crippen molar-refractivity contribution >= 4 is 29.1 Å². The highest BCUT2D eigenvalue weighted by Crippen LogP contribution is 2.22. The van der Waals surface area contributed by atoms with Crippen LogP contribution >= 0.6 is 11.6 Å². The van der Waals surface area contributed by atoms with Gasteiger partial charge in [-0.05, 0) is 30.3 Å². The largest absolute Gasteiger partial charge is 0.508 e. The zero-order valence-corrected chi connectivity index (χ0v) is 12.5. The molecule has 0 aliphatic heterocycles. The van der Waals surface area contributed by atoms with E-state index >= 15 is 0 Å². The van der Waals surface area contributed by atoms with Crippen molar-refractivity contribution in [1.82, 2.24) is 10.3 Å². The zero-order chi connectivity index (χ0) is 16.1. The fraction of sp³-hybridized carbons (Fsp3) is 0.133. The van der Waals surface area contributed by atoms with Crippen molar-refractivity contribution in [2.75, 3.05) is 12.4 Å². The smallest absolute Gasteiger partial charge is 0.269 e. The Kier molecular flexibility index (Phi) is 4.95. The van der Waals surface area contributed by atoms with Gasteiger partial charge in [0.15, 0.2) is 0 Å². The number of nitrogens with zero attached hydrogens (tertiary/aromatic N) is 1. The lowest BCUT2D eigenvalue weighted by atomic mass is 10.1. The summed E-state index contributed by atoms with van der Waals surface area (Å²) in [6.07, 6.45) is 1.39. The van der Waals surface area contributed by atoms with Crippen LogP contribution in [-0.2, 0) is 11.2 Å². The fourth-order valence-corrected chi connectivity index (χ4v) is 2.03. The molecule has 1 heterocycles. The summed E-state index contributed by atoms with van der Waals surface area (Å²) in [5.41, 5.74) is 1.07. The van der Waals surface area contributed by atoms with Crippen LogP contribution in [0, 0.1) is 0 Å². The molecule has 2 aromatic rings. The molecule has 0 saturated carbocycles. The first-order valence-corrected chi connectivity index (χ1v) is 6.83. The van der Waals surface area contributed by atoms with Crippen molar-refractivity contribution in [2.45, 2.75) is 6.42 Å². The molecule has 6 nitrogen and oxygen atoms in total. The van der Waals surface area contributed by atoms with E-state index in [-0.39, 0.29) is 29.7 Å². The number of hydrogen-bond acceptors (Lipinski definition) is 4. The molecule has 7 heteroatoms. The van der Waals surface area contributed by atoms with Crippen LogP contribution in [0.1, 0.15) is 16.1 Å². The van der Waals surface area contributed by atoms with Crippen LogP contribution in [0.25, 0.3) is 0 Å². The third-order valence-corrected chi connectivity index (χ3v) is 3.13. The van der Waals surface area contributed by atoms with Crippen LogP contribution < -0.4 is 10.6 Å². The number of anilines is 1. The van der Waals surface area contributed by atoms with Gasteiger partial charge in [-0.1, -0.05) is 11.6 Å². The zero-order valence-electron chi connectivity index (χ0n) is 11.8. The van der Waals surface area contributed by atoms with Gasteiger partial charge < -0.3 is 15.7 Å². The van der Waals surface area contributed by atoms with Crippen LogP contribution in [0.15, 0.2) is 36.5 Å².